The summed E-state index contributed by atoms with van der Waals surface area (Å²) in [5.41, 5.74) is 2.61. The van der Waals surface area contributed by atoms with E-state index in [2.05, 4.69) is 31.2 Å². The second-order valence-corrected chi connectivity index (χ2v) is 20.2. The number of nitrogens with one attached hydrogen (secondary N) is 6. The van der Waals surface area contributed by atoms with Crippen LogP contribution in [-0.4, -0.2) is 132 Å². The standard InChI is InChI=1S/C50H72F2N8O6/c1-13-53-27(3)45(61)57-43(49(5,6)7)47(63)59-21-19-39(65-11)37(59)25-33-31-17-15-29(51)23-35(31)55-41(33)42-34(32-18-16-30(52)24-36(32)56-42)26-38-40(66-12)20-22-60(38)48(64)44(50(8,9)10)58-46(62)28(4)54-14-2/h15-18,23-24,27-28,37-40,43-44,53-56H,13-14,19-22,25-26H2,1-12H3,(H,57,61)(H,58,62)/t27-,28-,37-,38+,39+,40+,43+,44+/m0/s1. The number of methoxy groups -OCH3 is 2. The molecule has 0 unspecified atom stereocenters. The van der Waals surface area contributed by atoms with E-state index in [1.165, 1.54) is 24.3 Å². The van der Waals surface area contributed by atoms with Gasteiger partial charge in [-0.3, -0.25) is 19.2 Å². The van der Waals surface area contributed by atoms with Gasteiger partial charge in [-0.1, -0.05) is 55.4 Å². The van der Waals surface area contributed by atoms with Crippen molar-refractivity contribution in [3.05, 3.63) is 59.2 Å². The van der Waals surface area contributed by atoms with Gasteiger partial charge in [0.25, 0.3) is 0 Å². The van der Waals surface area contributed by atoms with E-state index < -0.39 is 58.7 Å². The Bertz CT molecular complexity index is 2220. The average Bonchev–Trinajstić information content (AvgIpc) is 4.03. The number of likely N-dealkylation sites (N-methyl/N-ethyl adjacent to an activating group) is 2. The van der Waals surface area contributed by atoms with Crippen LogP contribution in [0, 0.1) is 22.5 Å². The Morgan fingerprint density at radius 1 is 0.667 bits per heavy atom. The van der Waals surface area contributed by atoms with Crippen molar-refractivity contribution in [2.75, 3.05) is 40.4 Å². The molecule has 2 saturated heterocycles. The first-order valence-electron chi connectivity index (χ1n) is 23.5. The van der Waals surface area contributed by atoms with Crippen LogP contribution in [0.5, 0.6) is 0 Å². The third-order valence-corrected chi connectivity index (χ3v) is 13.6. The van der Waals surface area contributed by atoms with Crippen molar-refractivity contribution in [2.45, 2.75) is 143 Å². The summed E-state index contributed by atoms with van der Waals surface area (Å²) < 4.78 is 42.3. The number of benzene rings is 2. The zero-order valence-electron chi connectivity index (χ0n) is 40.8. The maximum Gasteiger partial charge on any atom is 0.246 e. The van der Waals surface area contributed by atoms with Crippen LogP contribution in [0.1, 0.15) is 93.2 Å². The van der Waals surface area contributed by atoms with Gasteiger partial charge in [0, 0.05) is 49.1 Å². The number of amides is 4. The lowest BCUT2D eigenvalue weighted by atomic mass is 9.85. The highest BCUT2D eigenvalue weighted by atomic mass is 19.1. The fourth-order valence-corrected chi connectivity index (χ4v) is 9.92. The van der Waals surface area contributed by atoms with Crippen molar-refractivity contribution in [1.82, 2.24) is 41.0 Å². The second-order valence-electron chi connectivity index (χ2n) is 20.2. The second kappa shape index (κ2) is 20.5. The summed E-state index contributed by atoms with van der Waals surface area (Å²) in [4.78, 5) is 67.0. The summed E-state index contributed by atoms with van der Waals surface area (Å²) in [6, 6.07) is 5.46. The van der Waals surface area contributed by atoms with Gasteiger partial charge >= 0.3 is 0 Å². The first-order valence-corrected chi connectivity index (χ1v) is 23.5. The summed E-state index contributed by atoms with van der Waals surface area (Å²) in [5.74, 6) is -1.88. The predicted molar refractivity (Wildman–Crippen MR) is 254 cm³/mol. The van der Waals surface area contributed by atoms with Crippen LogP contribution < -0.4 is 21.3 Å². The lowest BCUT2D eigenvalue weighted by Gasteiger charge is -2.37. The normalized spacial score (nSPS) is 21.1. The molecule has 2 fully saturated rings. The molecule has 66 heavy (non-hydrogen) atoms. The van der Waals surface area contributed by atoms with E-state index in [1.54, 1.807) is 40.2 Å². The van der Waals surface area contributed by atoms with E-state index in [9.17, 15) is 19.2 Å². The van der Waals surface area contributed by atoms with Crippen molar-refractivity contribution in [2.24, 2.45) is 10.8 Å². The molecule has 4 heterocycles. The summed E-state index contributed by atoms with van der Waals surface area (Å²) in [7, 11) is 3.25. The van der Waals surface area contributed by atoms with E-state index >= 15 is 8.78 Å². The maximum absolute atomic E-state index is 15.1. The third-order valence-electron chi connectivity index (χ3n) is 13.6. The highest BCUT2D eigenvalue weighted by Crippen LogP contribution is 2.41. The predicted octanol–water partition coefficient (Wildman–Crippen LogP) is 5.97. The number of fused-ring (bicyclic) bond motifs is 2. The Labute approximate surface area is 388 Å². The van der Waals surface area contributed by atoms with Crippen LogP contribution in [0.4, 0.5) is 8.78 Å². The highest BCUT2D eigenvalue weighted by molar-refractivity contribution is 5.97. The highest BCUT2D eigenvalue weighted by Gasteiger charge is 2.46. The molecule has 14 nitrogen and oxygen atoms in total. The van der Waals surface area contributed by atoms with E-state index in [0.29, 0.717) is 74.3 Å². The number of hydrogen-bond donors (Lipinski definition) is 6. The molecule has 0 saturated carbocycles. The van der Waals surface area contributed by atoms with Gasteiger partial charge in [-0.15, -0.1) is 0 Å². The first kappa shape index (κ1) is 50.5. The summed E-state index contributed by atoms with van der Waals surface area (Å²) >= 11 is 0. The van der Waals surface area contributed by atoms with Gasteiger partial charge in [0.2, 0.25) is 23.6 Å². The molecule has 4 aromatic rings. The molecule has 0 radical (unpaired) electrons. The van der Waals surface area contributed by atoms with Gasteiger partial charge in [-0.2, -0.15) is 0 Å². The largest absolute Gasteiger partial charge is 0.379 e. The van der Waals surface area contributed by atoms with Gasteiger partial charge < -0.3 is 50.5 Å². The number of likely N-dealkylation sites (tertiary alicyclic amines) is 2. The van der Waals surface area contributed by atoms with Crippen molar-refractivity contribution < 1.29 is 37.4 Å². The molecule has 2 aromatic heterocycles. The monoisotopic (exact) mass is 919 g/mol. The Hall–Kier alpha value is -4.90. The number of ether oxygens (including phenoxy) is 2. The number of nitrogens with zero attached hydrogens (tertiary/aromatic N) is 2. The van der Waals surface area contributed by atoms with E-state index in [1.807, 2.05) is 65.2 Å². The van der Waals surface area contributed by atoms with Gasteiger partial charge in [0.1, 0.15) is 23.7 Å². The molecule has 6 rings (SSSR count). The molecular weight excluding hydrogens is 847 g/mol. The molecule has 0 bridgehead atoms. The zero-order valence-corrected chi connectivity index (χ0v) is 40.8. The number of aromatic nitrogens is 2. The molecule has 16 heteroatoms. The summed E-state index contributed by atoms with van der Waals surface area (Å²) in [6.45, 7) is 20.9. The number of aromatic amines is 2. The topological polar surface area (TPSA) is 173 Å². The fourth-order valence-electron chi connectivity index (χ4n) is 9.92. The summed E-state index contributed by atoms with van der Waals surface area (Å²) in [5, 5.41) is 13.8. The van der Waals surface area contributed by atoms with Gasteiger partial charge in [-0.05, 0) is 111 Å². The SMILES string of the molecule is CCN[C@@H](C)C(=O)N[C@H](C(=O)N1CC[C@@H](OC)[C@H]1Cc1c(-c2[nH]c3cc(F)ccc3c2C[C@H]2[C@H](OC)CCN2C(=O)[C@@H](NC(=O)[C@H](C)NCC)C(C)(C)C)[nH]c2cc(F)ccc12)C(C)(C)C. The van der Waals surface area contributed by atoms with Crippen LogP contribution in [0.2, 0.25) is 0 Å². The number of H-pyrrole nitrogens is 2. The minimum absolute atomic E-state index is 0.226. The lowest BCUT2D eigenvalue weighted by Crippen LogP contribution is -2.59. The van der Waals surface area contributed by atoms with Crippen LogP contribution >= 0.6 is 0 Å². The summed E-state index contributed by atoms with van der Waals surface area (Å²) in [6.07, 6.45) is 0.974. The molecule has 2 aliphatic rings. The molecular formula is C50H72F2N8O6. The lowest BCUT2D eigenvalue weighted by molar-refractivity contribution is -0.141. The van der Waals surface area contributed by atoms with Crippen molar-refractivity contribution in [3.8, 4) is 11.4 Å². The quantitative estimate of drug-likeness (QED) is 0.0753. The van der Waals surface area contributed by atoms with E-state index in [0.717, 1.165) is 21.9 Å². The smallest absolute Gasteiger partial charge is 0.246 e. The van der Waals surface area contributed by atoms with Gasteiger partial charge in [0.15, 0.2) is 0 Å². The van der Waals surface area contributed by atoms with Crippen molar-refractivity contribution >= 4 is 45.4 Å². The number of carbonyl (C=O) groups is 4. The Morgan fingerprint density at radius 2 is 1.03 bits per heavy atom. The maximum atomic E-state index is 15.1. The zero-order chi connectivity index (χ0) is 48.4. The molecule has 2 aliphatic heterocycles. The minimum Gasteiger partial charge on any atom is -0.379 e. The number of carbonyl (C=O) groups excluding carboxylic acids is 4. The number of rotatable bonds is 17. The number of hydrogen-bond acceptors (Lipinski definition) is 8. The first-order chi connectivity index (χ1) is 31.1. The van der Waals surface area contributed by atoms with Crippen LogP contribution in [0.3, 0.4) is 0 Å². The number of halogens is 2. The molecule has 0 spiro atoms. The Morgan fingerprint density at radius 3 is 1.35 bits per heavy atom. The van der Waals surface area contributed by atoms with Gasteiger partial charge in [-0.25, -0.2) is 8.78 Å². The average molecular weight is 919 g/mol. The van der Waals surface area contributed by atoms with Crippen LogP contribution in [0.25, 0.3) is 33.2 Å². The van der Waals surface area contributed by atoms with E-state index in [-0.39, 0.29) is 35.8 Å². The van der Waals surface area contributed by atoms with Crippen molar-refractivity contribution in [3.63, 3.8) is 0 Å². The van der Waals surface area contributed by atoms with Crippen molar-refractivity contribution in [1.29, 1.82) is 0 Å². The Balaban J connectivity index is 1.45. The molecule has 6 N–H and O–H groups in total. The van der Waals surface area contributed by atoms with Crippen LogP contribution in [0.15, 0.2) is 36.4 Å². The van der Waals surface area contributed by atoms with Crippen LogP contribution in [-0.2, 0) is 41.5 Å². The fraction of sp³-hybridized carbons (Fsp3) is 0.600. The Kier molecular flexibility index (Phi) is 15.7. The van der Waals surface area contributed by atoms with Gasteiger partial charge in [0.05, 0.1) is 47.8 Å². The van der Waals surface area contributed by atoms with E-state index in [4.69, 9.17) is 9.47 Å². The minimum atomic E-state index is -0.843. The molecule has 362 valence electrons. The molecule has 8 atom stereocenters. The third kappa shape index (κ3) is 10.6. The molecule has 4 amide bonds. The molecule has 2 aromatic carbocycles. The molecule has 0 aliphatic carbocycles.